The summed E-state index contributed by atoms with van der Waals surface area (Å²) in [4.78, 5) is 9.43. The molecular formula is C12H18FN3O4S. The number of nitrogens with one attached hydrogen (secondary N) is 1. The van der Waals surface area contributed by atoms with Gasteiger partial charge in [0.2, 0.25) is 10.0 Å². The molecule has 1 N–H and O–H groups in total. The topological polar surface area (TPSA) is 92.5 Å². The number of hydrogen-bond acceptors (Lipinski definition) is 5. The lowest BCUT2D eigenvalue weighted by Gasteiger charge is -2.19. The van der Waals surface area contributed by atoms with E-state index in [-0.39, 0.29) is 12.2 Å². The minimum Gasteiger partial charge on any atom is -0.384 e. The van der Waals surface area contributed by atoms with Crippen molar-refractivity contribution in [3.8, 4) is 0 Å². The Balaban J connectivity index is 3.50. The van der Waals surface area contributed by atoms with E-state index >= 15 is 0 Å². The van der Waals surface area contributed by atoms with E-state index in [1.54, 1.807) is 13.8 Å². The predicted molar refractivity (Wildman–Crippen MR) is 77.3 cm³/mol. The van der Waals surface area contributed by atoms with E-state index in [9.17, 15) is 22.9 Å². The SMILES string of the molecule is CCCN(C)S(=O)(=O)c1c(F)cc([N+](=O)[O-])cc1NCC. The highest BCUT2D eigenvalue weighted by Gasteiger charge is 2.29. The summed E-state index contributed by atoms with van der Waals surface area (Å²) in [5.74, 6) is -1.14. The molecule has 0 aromatic heterocycles. The molecule has 1 aromatic rings. The van der Waals surface area contributed by atoms with Crippen molar-refractivity contribution in [2.45, 2.75) is 25.2 Å². The van der Waals surface area contributed by atoms with Crippen molar-refractivity contribution >= 4 is 21.4 Å². The monoisotopic (exact) mass is 319 g/mol. The summed E-state index contributed by atoms with van der Waals surface area (Å²) in [6.07, 6.45) is 0.570. The molecule has 0 aliphatic carbocycles. The first-order valence-corrected chi connectivity index (χ1v) is 7.87. The molecule has 0 unspecified atom stereocenters. The quantitative estimate of drug-likeness (QED) is 0.614. The van der Waals surface area contributed by atoms with Crippen LogP contribution in [0.4, 0.5) is 15.8 Å². The molecule has 0 heterocycles. The summed E-state index contributed by atoms with van der Waals surface area (Å²) in [7, 11) is -2.71. The summed E-state index contributed by atoms with van der Waals surface area (Å²) in [6, 6.07) is 1.65. The number of nitro benzene ring substituents is 1. The lowest BCUT2D eigenvalue weighted by Crippen LogP contribution is -2.29. The van der Waals surface area contributed by atoms with Crippen molar-refractivity contribution in [2.75, 3.05) is 25.5 Å². The number of nitro groups is 1. The van der Waals surface area contributed by atoms with E-state index in [2.05, 4.69) is 5.32 Å². The molecule has 0 bridgehead atoms. The maximum atomic E-state index is 14.1. The number of anilines is 1. The molecule has 0 aliphatic rings. The number of sulfonamides is 1. The van der Waals surface area contributed by atoms with Crippen molar-refractivity contribution in [1.29, 1.82) is 0 Å². The van der Waals surface area contributed by atoms with Gasteiger partial charge in [0.25, 0.3) is 5.69 Å². The fourth-order valence-electron chi connectivity index (χ4n) is 1.86. The first-order chi connectivity index (χ1) is 9.75. The molecule has 9 heteroatoms. The van der Waals surface area contributed by atoms with Gasteiger partial charge in [0, 0.05) is 26.2 Å². The van der Waals surface area contributed by atoms with Gasteiger partial charge in [0.05, 0.1) is 16.7 Å². The smallest absolute Gasteiger partial charge is 0.274 e. The van der Waals surface area contributed by atoms with Gasteiger partial charge in [-0.2, -0.15) is 0 Å². The van der Waals surface area contributed by atoms with Crippen LogP contribution in [0, 0.1) is 15.9 Å². The Morgan fingerprint density at radius 2 is 2.00 bits per heavy atom. The molecule has 0 atom stereocenters. The minimum atomic E-state index is -4.05. The Kier molecular flexibility index (Phi) is 5.62. The van der Waals surface area contributed by atoms with Crippen LogP contribution in [0.2, 0.25) is 0 Å². The van der Waals surface area contributed by atoms with Crippen LogP contribution < -0.4 is 5.32 Å². The lowest BCUT2D eigenvalue weighted by atomic mass is 10.2. The van der Waals surface area contributed by atoms with E-state index in [4.69, 9.17) is 0 Å². The molecule has 1 aromatic carbocycles. The third kappa shape index (κ3) is 3.67. The maximum absolute atomic E-state index is 14.1. The van der Waals surface area contributed by atoms with Gasteiger partial charge in [-0.15, -0.1) is 0 Å². The van der Waals surface area contributed by atoms with E-state index in [1.165, 1.54) is 7.05 Å². The van der Waals surface area contributed by atoms with Crippen LogP contribution >= 0.6 is 0 Å². The standard InChI is InChI=1S/C12H18FN3O4S/c1-4-6-15(3)21(19,20)12-10(13)7-9(16(17)18)8-11(12)14-5-2/h7-8,14H,4-6H2,1-3H3. The minimum absolute atomic E-state index is 0.104. The van der Waals surface area contributed by atoms with Gasteiger partial charge in [0.15, 0.2) is 5.82 Å². The van der Waals surface area contributed by atoms with Crippen molar-refractivity contribution in [1.82, 2.24) is 4.31 Å². The van der Waals surface area contributed by atoms with Crippen molar-refractivity contribution in [2.24, 2.45) is 0 Å². The molecular weight excluding hydrogens is 301 g/mol. The molecule has 0 amide bonds. The van der Waals surface area contributed by atoms with Crippen LogP contribution in [0.25, 0.3) is 0 Å². The van der Waals surface area contributed by atoms with E-state index in [1.807, 2.05) is 0 Å². The van der Waals surface area contributed by atoms with Crippen LogP contribution in [0.3, 0.4) is 0 Å². The second kappa shape index (κ2) is 6.81. The summed E-state index contributed by atoms with van der Waals surface area (Å²) < 4.78 is 40.0. The van der Waals surface area contributed by atoms with Gasteiger partial charge >= 0.3 is 0 Å². The zero-order valence-electron chi connectivity index (χ0n) is 12.1. The molecule has 7 nitrogen and oxygen atoms in total. The second-order valence-corrected chi connectivity index (χ2v) is 6.40. The largest absolute Gasteiger partial charge is 0.384 e. The highest BCUT2D eigenvalue weighted by molar-refractivity contribution is 7.89. The van der Waals surface area contributed by atoms with Crippen molar-refractivity contribution in [3.63, 3.8) is 0 Å². The molecule has 0 fully saturated rings. The van der Waals surface area contributed by atoms with Gasteiger partial charge in [-0.05, 0) is 13.3 Å². The second-order valence-electron chi connectivity index (χ2n) is 4.42. The Bertz CT molecular complexity index is 634. The van der Waals surface area contributed by atoms with Gasteiger partial charge < -0.3 is 5.32 Å². The average molecular weight is 319 g/mol. The van der Waals surface area contributed by atoms with Gasteiger partial charge in [-0.3, -0.25) is 10.1 Å². The molecule has 1 rings (SSSR count). The molecule has 118 valence electrons. The van der Waals surface area contributed by atoms with Crippen molar-refractivity contribution in [3.05, 3.63) is 28.1 Å². The Morgan fingerprint density at radius 1 is 1.38 bits per heavy atom. The number of hydrogen-bond donors (Lipinski definition) is 1. The number of benzene rings is 1. The zero-order valence-corrected chi connectivity index (χ0v) is 12.9. The van der Waals surface area contributed by atoms with Gasteiger partial charge in [-0.25, -0.2) is 17.1 Å². The van der Waals surface area contributed by atoms with E-state index in [0.717, 1.165) is 10.4 Å². The lowest BCUT2D eigenvalue weighted by molar-refractivity contribution is -0.385. The highest BCUT2D eigenvalue weighted by Crippen LogP contribution is 2.31. The number of rotatable bonds is 7. The molecule has 0 aliphatic heterocycles. The van der Waals surface area contributed by atoms with E-state index < -0.39 is 31.3 Å². The van der Waals surface area contributed by atoms with Crippen LogP contribution in [0.1, 0.15) is 20.3 Å². The van der Waals surface area contributed by atoms with Crippen LogP contribution in [0.15, 0.2) is 17.0 Å². The summed E-state index contributed by atoms with van der Waals surface area (Å²) in [6.45, 7) is 4.01. The third-order valence-corrected chi connectivity index (χ3v) is 4.75. The molecule has 0 spiro atoms. The Labute approximate surface area is 123 Å². The highest BCUT2D eigenvalue weighted by atomic mass is 32.2. The van der Waals surface area contributed by atoms with Crippen molar-refractivity contribution < 1.29 is 17.7 Å². The number of nitrogens with zero attached hydrogens (tertiary/aromatic N) is 2. The fraction of sp³-hybridized carbons (Fsp3) is 0.500. The Hall–Kier alpha value is -1.74. The van der Waals surface area contributed by atoms with E-state index in [0.29, 0.717) is 19.0 Å². The predicted octanol–water partition coefficient (Wildman–Crippen LogP) is 2.20. The normalized spacial score (nSPS) is 11.7. The Morgan fingerprint density at radius 3 is 2.48 bits per heavy atom. The molecule has 21 heavy (non-hydrogen) atoms. The van der Waals surface area contributed by atoms with Crippen LogP contribution in [-0.2, 0) is 10.0 Å². The first kappa shape index (κ1) is 17.3. The summed E-state index contributed by atoms with van der Waals surface area (Å²) >= 11 is 0. The molecule has 0 saturated carbocycles. The van der Waals surface area contributed by atoms with Gasteiger partial charge in [0.1, 0.15) is 4.90 Å². The number of non-ortho nitro benzene ring substituents is 1. The average Bonchev–Trinajstić information content (AvgIpc) is 2.38. The van der Waals surface area contributed by atoms with Crippen LogP contribution in [-0.4, -0.2) is 37.8 Å². The van der Waals surface area contributed by atoms with Crippen LogP contribution in [0.5, 0.6) is 0 Å². The van der Waals surface area contributed by atoms with Gasteiger partial charge in [-0.1, -0.05) is 6.92 Å². The third-order valence-electron chi connectivity index (χ3n) is 2.81. The zero-order chi connectivity index (χ0) is 16.2. The molecule has 0 saturated heterocycles. The summed E-state index contributed by atoms with van der Waals surface area (Å²) in [5.41, 5.74) is -0.604. The molecule has 0 radical (unpaired) electrons. The maximum Gasteiger partial charge on any atom is 0.274 e. The summed E-state index contributed by atoms with van der Waals surface area (Å²) in [5, 5.41) is 13.4. The fourth-order valence-corrected chi connectivity index (χ4v) is 3.31. The number of halogens is 1. The first-order valence-electron chi connectivity index (χ1n) is 6.43.